The van der Waals surface area contributed by atoms with Crippen molar-refractivity contribution in [1.29, 1.82) is 0 Å². The first kappa shape index (κ1) is 21.6. The molecule has 2 fully saturated rings. The normalized spacial score (nSPS) is 21.6. The molecule has 2 amide bonds. The summed E-state index contributed by atoms with van der Waals surface area (Å²) in [6, 6.07) is 10.1. The number of hydrogen-bond acceptors (Lipinski definition) is 4. The molecule has 0 aliphatic carbocycles. The van der Waals surface area contributed by atoms with Gasteiger partial charge in [-0.2, -0.15) is 0 Å². The van der Waals surface area contributed by atoms with E-state index in [0.717, 1.165) is 25.9 Å². The highest BCUT2D eigenvalue weighted by atomic mass is 16.6. The molecule has 29 heavy (non-hydrogen) atoms. The van der Waals surface area contributed by atoms with Gasteiger partial charge in [-0.1, -0.05) is 30.3 Å². The summed E-state index contributed by atoms with van der Waals surface area (Å²) in [5.74, 6) is -0.0734. The molecule has 6 heteroatoms. The summed E-state index contributed by atoms with van der Waals surface area (Å²) in [4.78, 5) is 29.7. The van der Waals surface area contributed by atoms with Crippen LogP contribution < -0.4 is 5.32 Å². The maximum atomic E-state index is 13.1. The third-order valence-corrected chi connectivity index (χ3v) is 5.67. The molecule has 1 aromatic carbocycles. The summed E-state index contributed by atoms with van der Waals surface area (Å²) in [5.41, 5.74) is 0.659. The Kier molecular flexibility index (Phi) is 7.17. The molecule has 2 saturated heterocycles. The van der Waals surface area contributed by atoms with E-state index in [-0.39, 0.29) is 11.9 Å². The fourth-order valence-electron chi connectivity index (χ4n) is 4.24. The molecule has 2 aliphatic heterocycles. The van der Waals surface area contributed by atoms with Crippen LogP contribution in [0.15, 0.2) is 30.3 Å². The average molecular weight is 402 g/mol. The number of hydrogen-bond donors (Lipinski definition) is 1. The van der Waals surface area contributed by atoms with Crippen molar-refractivity contribution in [2.75, 3.05) is 26.2 Å². The third-order valence-electron chi connectivity index (χ3n) is 5.67. The van der Waals surface area contributed by atoms with Crippen molar-refractivity contribution in [2.45, 2.75) is 70.6 Å². The second kappa shape index (κ2) is 9.61. The first-order valence-electron chi connectivity index (χ1n) is 10.9. The molecule has 3 rings (SSSR count). The zero-order chi connectivity index (χ0) is 20.9. The smallest absolute Gasteiger partial charge is 0.410 e. The first-order chi connectivity index (χ1) is 13.8. The molecule has 0 aromatic heterocycles. The Bertz CT molecular complexity index is 680. The van der Waals surface area contributed by atoms with Crippen molar-refractivity contribution >= 4 is 12.0 Å². The van der Waals surface area contributed by atoms with Gasteiger partial charge in [0, 0.05) is 13.1 Å². The molecule has 0 radical (unpaired) electrons. The van der Waals surface area contributed by atoms with E-state index in [1.807, 2.05) is 39.0 Å². The molecule has 1 aromatic rings. The van der Waals surface area contributed by atoms with E-state index in [9.17, 15) is 9.59 Å². The van der Waals surface area contributed by atoms with Crippen LogP contribution in [0.3, 0.4) is 0 Å². The van der Waals surface area contributed by atoms with Gasteiger partial charge in [0.15, 0.2) is 0 Å². The van der Waals surface area contributed by atoms with Crippen molar-refractivity contribution in [3.8, 4) is 0 Å². The van der Waals surface area contributed by atoms with E-state index in [1.165, 1.54) is 18.4 Å². The fourth-order valence-corrected chi connectivity index (χ4v) is 4.24. The zero-order valence-electron chi connectivity index (χ0n) is 18.0. The molecule has 6 nitrogen and oxygen atoms in total. The molecule has 1 N–H and O–H groups in total. The molecular formula is C23H35N3O3. The van der Waals surface area contributed by atoms with Crippen LogP contribution in [-0.4, -0.2) is 59.6 Å². The van der Waals surface area contributed by atoms with E-state index in [0.29, 0.717) is 19.5 Å². The third kappa shape index (κ3) is 5.95. The van der Waals surface area contributed by atoms with E-state index in [1.54, 1.807) is 4.90 Å². The standard InChI is InChI=1S/C23H35N3O3/c1-23(2,3)29-22(28)26-16-8-7-13-19(26)21(27)24-17-20(25-14-9-10-15-25)18-11-5-4-6-12-18/h4-6,11-12,19-20H,7-10,13-17H2,1-3H3,(H,24,27). The lowest BCUT2D eigenvalue weighted by Gasteiger charge is -2.36. The second-order valence-corrected chi connectivity index (χ2v) is 9.10. The van der Waals surface area contributed by atoms with Gasteiger partial charge >= 0.3 is 6.09 Å². The number of piperidine rings is 1. The van der Waals surface area contributed by atoms with Crippen molar-refractivity contribution in [2.24, 2.45) is 0 Å². The van der Waals surface area contributed by atoms with E-state index in [2.05, 4.69) is 22.3 Å². The number of carbonyl (C=O) groups is 2. The SMILES string of the molecule is CC(C)(C)OC(=O)N1CCCCC1C(=O)NCC(c1ccccc1)N1CCCC1. The van der Waals surface area contributed by atoms with Crippen molar-refractivity contribution in [3.05, 3.63) is 35.9 Å². The van der Waals surface area contributed by atoms with Gasteiger partial charge in [0.1, 0.15) is 11.6 Å². The van der Waals surface area contributed by atoms with Crippen LogP contribution >= 0.6 is 0 Å². The molecule has 0 spiro atoms. The Morgan fingerprint density at radius 1 is 1.07 bits per heavy atom. The molecule has 0 bridgehead atoms. The van der Waals surface area contributed by atoms with Gasteiger partial charge in [0.2, 0.25) is 5.91 Å². The highest BCUT2D eigenvalue weighted by molar-refractivity contribution is 5.86. The summed E-state index contributed by atoms with van der Waals surface area (Å²) in [6.45, 7) is 8.80. The van der Waals surface area contributed by atoms with Crippen LogP contribution in [0.4, 0.5) is 4.79 Å². The molecule has 2 heterocycles. The number of likely N-dealkylation sites (tertiary alicyclic amines) is 2. The van der Waals surface area contributed by atoms with E-state index in [4.69, 9.17) is 4.74 Å². The van der Waals surface area contributed by atoms with E-state index < -0.39 is 17.7 Å². The Balaban J connectivity index is 1.65. The molecule has 2 unspecified atom stereocenters. The van der Waals surface area contributed by atoms with Gasteiger partial charge in [0.25, 0.3) is 0 Å². The molecule has 0 saturated carbocycles. The van der Waals surface area contributed by atoms with Crippen LogP contribution in [-0.2, 0) is 9.53 Å². The van der Waals surface area contributed by atoms with Crippen LogP contribution in [0.25, 0.3) is 0 Å². The van der Waals surface area contributed by atoms with Gasteiger partial charge in [-0.15, -0.1) is 0 Å². The van der Waals surface area contributed by atoms with Crippen molar-refractivity contribution < 1.29 is 14.3 Å². The molecule has 160 valence electrons. The number of nitrogens with one attached hydrogen (secondary N) is 1. The van der Waals surface area contributed by atoms with Gasteiger partial charge < -0.3 is 10.1 Å². The predicted octanol–water partition coefficient (Wildman–Crippen LogP) is 3.73. The lowest BCUT2D eigenvalue weighted by molar-refractivity contribution is -0.127. The first-order valence-corrected chi connectivity index (χ1v) is 10.9. The minimum atomic E-state index is -0.566. The molecular weight excluding hydrogens is 366 g/mol. The van der Waals surface area contributed by atoms with E-state index >= 15 is 0 Å². The Morgan fingerprint density at radius 3 is 2.38 bits per heavy atom. The van der Waals surface area contributed by atoms with Crippen molar-refractivity contribution in [3.63, 3.8) is 0 Å². The highest BCUT2D eigenvalue weighted by Crippen LogP contribution is 2.25. The predicted molar refractivity (Wildman–Crippen MR) is 114 cm³/mol. The van der Waals surface area contributed by atoms with Crippen LogP contribution in [0.2, 0.25) is 0 Å². The van der Waals surface area contributed by atoms with Crippen LogP contribution in [0.5, 0.6) is 0 Å². The Hall–Kier alpha value is -2.08. The summed E-state index contributed by atoms with van der Waals surface area (Å²) in [7, 11) is 0. The number of amides is 2. The number of benzene rings is 1. The van der Waals surface area contributed by atoms with Gasteiger partial charge in [-0.05, 0) is 71.5 Å². The Morgan fingerprint density at radius 2 is 1.72 bits per heavy atom. The summed E-state index contributed by atoms with van der Waals surface area (Å²) in [6.07, 6.45) is 4.55. The van der Waals surface area contributed by atoms with Gasteiger partial charge in [-0.3, -0.25) is 14.6 Å². The quantitative estimate of drug-likeness (QED) is 0.817. The number of carbonyl (C=O) groups excluding carboxylic acids is 2. The maximum absolute atomic E-state index is 13.1. The van der Waals surface area contributed by atoms with Gasteiger partial charge in [0.05, 0.1) is 6.04 Å². The largest absolute Gasteiger partial charge is 0.444 e. The topological polar surface area (TPSA) is 61.9 Å². The lowest BCUT2D eigenvalue weighted by Crippen LogP contribution is -2.54. The summed E-state index contributed by atoms with van der Waals surface area (Å²) in [5, 5.41) is 3.15. The van der Waals surface area contributed by atoms with Gasteiger partial charge in [-0.25, -0.2) is 4.79 Å². The second-order valence-electron chi connectivity index (χ2n) is 9.10. The van der Waals surface area contributed by atoms with Crippen molar-refractivity contribution in [1.82, 2.24) is 15.1 Å². The minimum Gasteiger partial charge on any atom is -0.444 e. The average Bonchev–Trinajstić information content (AvgIpc) is 3.22. The molecule has 2 atom stereocenters. The lowest BCUT2D eigenvalue weighted by atomic mass is 10.0. The van der Waals surface area contributed by atoms with Crippen LogP contribution in [0, 0.1) is 0 Å². The summed E-state index contributed by atoms with van der Waals surface area (Å²) < 4.78 is 5.53. The Labute approximate surface area is 174 Å². The number of rotatable bonds is 5. The highest BCUT2D eigenvalue weighted by Gasteiger charge is 2.35. The molecule has 2 aliphatic rings. The number of ether oxygens (including phenoxy) is 1. The zero-order valence-corrected chi connectivity index (χ0v) is 18.0. The maximum Gasteiger partial charge on any atom is 0.410 e. The number of nitrogens with zero attached hydrogens (tertiary/aromatic N) is 2. The van der Waals surface area contributed by atoms with Crippen LogP contribution in [0.1, 0.15) is 64.5 Å². The minimum absolute atomic E-state index is 0.0734. The fraction of sp³-hybridized carbons (Fsp3) is 0.652. The monoisotopic (exact) mass is 401 g/mol. The summed E-state index contributed by atoms with van der Waals surface area (Å²) >= 11 is 0.